The van der Waals surface area contributed by atoms with E-state index in [2.05, 4.69) is 36.5 Å². The molecule has 0 spiro atoms. The van der Waals surface area contributed by atoms with Gasteiger partial charge in [-0.25, -0.2) is 4.68 Å². The Bertz CT molecular complexity index is 1410. The lowest BCUT2D eigenvalue weighted by molar-refractivity contribution is -0.122. The van der Waals surface area contributed by atoms with E-state index in [-0.39, 0.29) is 23.8 Å². The lowest BCUT2D eigenvalue weighted by Gasteiger charge is -2.07. The molecule has 1 saturated carbocycles. The van der Waals surface area contributed by atoms with E-state index >= 15 is 0 Å². The second-order valence-corrected chi connectivity index (χ2v) is 9.91. The lowest BCUT2D eigenvalue weighted by atomic mass is 10.0. The average Bonchev–Trinajstić information content (AvgIpc) is 3.46. The molecular formula is C31H31N3O3. The number of amides is 1. The smallest absolute Gasteiger partial charge is 0.224 e. The largest absolute Gasteiger partial charge is 0.494 e. The van der Waals surface area contributed by atoms with Crippen LogP contribution < -0.4 is 14.8 Å². The van der Waals surface area contributed by atoms with Crippen LogP contribution in [0.1, 0.15) is 42.9 Å². The van der Waals surface area contributed by atoms with Crippen LogP contribution in [0.15, 0.2) is 79.0 Å². The summed E-state index contributed by atoms with van der Waals surface area (Å²) < 4.78 is 13.3. The minimum absolute atomic E-state index is 0.00388. The SMILES string of the molecule is CCOc1ccc(C2CC2C(=O)NCc2cn(-c3ccccc3)nc2-c2ccc3c(c2)CC(C)O3)cc1. The molecule has 37 heavy (non-hydrogen) atoms. The second-order valence-electron chi connectivity index (χ2n) is 9.91. The van der Waals surface area contributed by atoms with Gasteiger partial charge in [0.15, 0.2) is 0 Å². The van der Waals surface area contributed by atoms with E-state index < -0.39 is 0 Å². The third kappa shape index (κ3) is 4.84. The van der Waals surface area contributed by atoms with Crippen molar-refractivity contribution in [3.05, 3.63) is 95.7 Å². The Labute approximate surface area is 217 Å². The van der Waals surface area contributed by atoms with Crippen LogP contribution in [0.5, 0.6) is 11.5 Å². The van der Waals surface area contributed by atoms with Gasteiger partial charge in [-0.2, -0.15) is 5.10 Å². The quantitative estimate of drug-likeness (QED) is 0.343. The fourth-order valence-corrected chi connectivity index (χ4v) is 5.21. The molecule has 0 bridgehead atoms. The third-order valence-electron chi connectivity index (χ3n) is 7.18. The van der Waals surface area contributed by atoms with E-state index in [1.165, 1.54) is 11.1 Å². The average molecular weight is 494 g/mol. The Morgan fingerprint density at radius 3 is 2.70 bits per heavy atom. The number of rotatable bonds is 8. The van der Waals surface area contributed by atoms with E-state index in [1.807, 2.05) is 66.3 Å². The summed E-state index contributed by atoms with van der Waals surface area (Å²) in [4.78, 5) is 13.1. The summed E-state index contributed by atoms with van der Waals surface area (Å²) in [5, 5.41) is 8.12. The molecule has 2 heterocycles. The Morgan fingerprint density at radius 2 is 1.92 bits per heavy atom. The van der Waals surface area contributed by atoms with Crippen molar-refractivity contribution in [3.63, 3.8) is 0 Å². The summed E-state index contributed by atoms with van der Waals surface area (Å²) >= 11 is 0. The first kappa shape index (κ1) is 23.3. The molecule has 1 fully saturated rings. The maximum Gasteiger partial charge on any atom is 0.224 e. The topological polar surface area (TPSA) is 65.4 Å². The van der Waals surface area contributed by atoms with Crippen LogP contribution in [0, 0.1) is 5.92 Å². The van der Waals surface area contributed by atoms with Gasteiger partial charge in [0.1, 0.15) is 17.6 Å². The van der Waals surface area contributed by atoms with Gasteiger partial charge in [0, 0.05) is 36.2 Å². The first-order valence-electron chi connectivity index (χ1n) is 13.0. The molecule has 0 saturated heterocycles. The second kappa shape index (κ2) is 9.77. The van der Waals surface area contributed by atoms with Crippen LogP contribution in [0.3, 0.4) is 0 Å². The van der Waals surface area contributed by atoms with Crippen molar-refractivity contribution in [1.82, 2.24) is 15.1 Å². The fourth-order valence-electron chi connectivity index (χ4n) is 5.21. The normalized spacial score (nSPS) is 19.7. The zero-order valence-electron chi connectivity index (χ0n) is 21.2. The van der Waals surface area contributed by atoms with Gasteiger partial charge in [-0.05, 0) is 79.8 Å². The number of benzene rings is 3. The van der Waals surface area contributed by atoms with Gasteiger partial charge < -0.3 is 14.8 Å². The minimum atomic E-state index is 0.00388. The van der Waals surface area contributed by atoms with Gasteiger partial charge in [0.2, 0.25) is 5.91 Å². The third-order valence-corrected chi connectivity index (χ3v) is 7.18. The molecule has 1 aliphatic carbocycles. The van der Waals surface area contributed by atoms with Gasteiger partial charge in [-0.15, -0.1) is 0 Å². The summed E-state index contributed by atoms with van der Waals surface area (Å²) in [7, 11) is 0. The number of aromatic nitrogens is 2. The van der Waals surface area contributed by atoms with Crippen molar-refractivity contribution in [2.24, 2.45) is 5.92 Å². The Morgan fingerprint density at radius 1 is 1.11 bits per heavy atom. The molecular weight excluding hydrogens is 462 g/mol. The van der Waals surface area contributed by atoms with Crippen molar-refractivity contribution in [1.29, 1.82) is 0 Å². The van der Waals surface area contributed by atoms with E-state index in [1.54, 1.807) is 0 Å². The monoisotopic (exact) mass is 493 g/mol. The minimum Gasteiger partial charge on any atom is -0.494 e. The van der Waals surface area contributed by atoms with Crippen molar-refractivity contribution in [2.45, 2.75) is 45.3 Å². The van der Waals surface area contributed by atoms with Gasteiger partial charge in [-0.1, -0.05) is 30.3 Å². The summed E-state index contributed by atoms with van der Waals surface area (Å²) in [5.41, 5.74) is 6.28. The molecule has 3 unspecified atom stereocenters. The van der Waals surface area contributed by atoms with Crippen LogP contribution in [-0.4, -0.2) is 28.4 Å². The maximum atomic E-state index is 13.1. The van der Waals surface area contributed by atoms with Crippen LogP contribution in [0.2, 0.25) is 0 Å². The van der Waals surface area contributed by atoms with E-state index in [4.69, 9.17) is 14.6 Å². The molecule has 2 aliphatic rings. The number of para-hydroxylation sites is 1. The van der Waals surface area contributed by atoms with Gasteiger partial charge >= 0.3 is 0 Å². The molecule has 3 aromatic carbocycles. The highest BCUT2D eigenvalue weighted by molar-refractivity contribution is 5.83. The first-order chi connectivity index (χ1) is 18.1. The van der Waals surface area contributed by atoms with Crippen LogP contribution in [0.4, 0.5) is 0 Å². The zero-order chi connectivity index (χ0) is 25.4. The molecule has 1 aromatic heterocycles. The number of fused-ring (bicyclic) bond motifs is 1. The van der Waals surface area contributed by atoms with Crippen molar-refractivity contribution in [2.75, 3.05) is 6.61 Å². The fraction of sp³-hybridized carbons (Fsp3) is 0.290. The molecule has 4 aromatic rings. The molecule has 1 aliphatic heterocycles. The molecule has 3 atom stereocenters. The number of carbonyl (C=O) groups is 1. The number of hydrogen-bond donors (Lipinski definition) is 1. The lowest BCUT2D eigenvalue weighted by Crippen LogP contribution is -2.25. The van der Waals surface area contributed by atoms with Crippen LogP contribution >= 0.6 is 0 Å². The number of hydrogen-bond acceptors (Lipinski definition) is 4. The summed E-state index contributed by atoms with van der Waals surface area (Å²) in [6.07, 6.45) is 3.98. The molecule has 6 nitrogen and oxygen atoms in total. The van der Waals surface area contributed by atoms with Crippen molar-refractivity contribution in [3.8, 4) is 28.4 Å². The van der Waals surface area contributed by atoms with E-state index in [0.29, 0.717) is 13.2 Å². The number of ether oxygens (including phenoxy) is 2. The van der Waals surface area contributed by atoms with Gasteiger partial charge in [0.05, 0.1) is 18.0 Å². The van der Waals surface area contributed by atoms with E-state index in [9.17, 15) is 4.79 Å². The van der Waals surface area contributed by atoms with E-state index in [0.717, 1.165) is 46.8 Å². The van der Waals surface area contributed by atoms with Crippen LogP contribution in [0.25, 0.3) is 16.9 Å². The Hall–Kier alpha value is -4.06. The highest BCUT2D eigenvalue weighted by Crippen LogP contribution is 2.48. The predicted molar refractivity (Wildman–Crippen MR) is 143 cm³/mol. The standard InChI is InChI=1S/C31H31N3O3/c1-3-36-26-12-9-21(10-13-26)27-17-28(27)31(35)32-18-24-19-34(25-7-5-4-6-8-25)33-30(24)22-11-14-29-23(16-22)15-20(2)37-29/h4-14,16,19-20,27-28H,3,15,17-18H2,1-2H3,(H,32,35). The van der Waals surface area contributed by atoms with Gasteiger partial charge in [-0.3, -0.25) is 4.79 Å². The molecule has 1 N–H and O–H groups in total. The maximum absolute atomic E-state index is 13.1. The van der Waals surface area contributed by atoms with Crippen molar-refractivity contribution < 1.29 is 14.3 Å². The Kier molecular flexibility index (Phi) is 6.16. The highest BCUT2D eigenvalue weighted by atomic mass is 16.5. The molecule has 1 amide bonds. The summed E-state index contributed by atoms with van der Waals surface area (Å²) in [6.45, 7) is 5.14. The van der Waals surface area contributed by atoms with Crippen LogP contribution in [-0.2, 0) is 17.8 Å². The Balaban J connectivity index is 1.20. The molecule has 6 heteroatoms. The molecule has 6 rings (SSSR count). The van der Waals surface area contributed by atoms with Crippen molar-refractivity contribution >= 4 is 5.91 Å². The number of nitrogens with one attached hydrogen (secondary N) is 1. The first-order valence-corrected chi connectivity index (χ1v) is 13.0. The zero-order valence-corrected chi connectivity index (χ0v) is 21.2. The highest BCUT2D eigenvalue weighted by Gasteiger charge is 2.43. The summed E-state index contributed by atoms with van der Waals surface area (Å²) in [6, 6.07) is 24.4. The molecule has 0 radical (unpaired) electrons. The predicted octanol–water partition coefficient (Wildman–Crippen LogP) is 5.68. The number of carbonyl (C=O) groups excluding carboxylic acids is 1. The van der Waals surface area contributed by atoms with Gasteiger partial charge in [0.25, 0.3) is 0 Å². The summed E-state index contributed by atoms with van der Waals surface area (Å²) in [5.74, 6) is 2.17. The molecule has 188 valence electrons. The number of nitrogens with zero attached hydrogens (tertiary/aromatic N) is 2.